The molecule has 1 saturated heterocycles. The van der Waals surface area contributed by atoms with Crippen molar-refractivity contribution in [2.75, 3.05) is 26.3 Å². The molecule has 0 radical (unpaired) electrons. The SMILES string of the molecule is c1cc(C2CC2)ccc1CNN1CCOCC1. The minimum atomic E-state index is 0.841. The summed E-state index contributed by atoms with van der Waals surface area (Å²) in [5.41, 5.74) is 6.33. The van der Waals surface area contributed by atoms with Gasteiger partial charge in [-0.2, -0.15) is 0 Å². The van der Waals surface area contributed by atoms with Crippen molar-refractivity contribution >= 4 is 0 Å². The van der Waals surface area contributed by atoms with Gasteiger partial charge in [0.2, 0.25) is 0 Å². The standard InChI is InChI=1S/C14H20N2O/c1-3-13(14-5-6-14)4-2-12(1)11-15-16-7-9-17-10-8-16/h1-4,14-15H,5-11H2. The Morgan fingerprint density at radius 3 is 2.47 bits per heavy atom. The second-order valence-electron chi connectivity index (χ2n) is 4.95. The molecule has 0 spiro atoms. The number of benzene rings is 1. The van der Waals surface area contributed by atoms with Crippen molar-refractivity contribution < 1.29 is 4.74 Å². The van der Waals surface area contributed by atoms with E-state index in [-0.39, 0.29) is 0 Å². The van der Waals surface area contributed by atoms with E-state index in [1.54, 1.807) is 0 Å². The van der Waals surface area contributed by atoms with Crippen LogP contribution in [0.25, 0.3) is 0 Å². The Balaban J connectivity index is 1.50. The number of ether oxygens (including phenoxy) is 1. The van der Waals surface area contributed by atoms with Crippen molar-refractivity contribution in [3.05, 3.63) is 35.4 Å². The minimum Gasteiger partial charge on any atom is -0.379 e. The molecule has 0 amide bonds. The van der Waals surface area contributed by atoms with Crippen LogP contribution in [0.15, 0.2) is 24.3 Å². The number of rotatable bonds is 4. The summed E-state index contributed by atoms with van der Waals surface area (Å²) < 4.78 is 5.32. The van der Waals surface area contributed by atoms with Gasteiger partial charge in [-0.25, -0.2) is 5.01 Å². The first-order valence-corrected chi connectivity index (χ1v) is 6.57. The van der Waals surface area contributed by atoms with Gasteiger partial charge in [0.25, 0.3) is 0 Å². The molecular weight excluding hydrogens is 212 g/mol. The maximum atomic E-state index is 5.32. The monoisotopic (exact) mass is 232 g/mol. The predicted molar refractivity (Wildman–Crippen MR) is 67.6 cm³/mol. The van der Waals surface area contributed by atoms with E-state index < -0.39 is 0 Å². The van der Waals surface area contributed by atoms with Gasteiger partial charge in [-0.15, -0.1) is 0 Å². The van der Waals surface area contributed by atoms with Gasteiger partial charge in [0.05, 0.1) is 13.2 Å². The van der Waals surface area contributed by atoms with Crippen LogP contribution in [-0.2, 0) is 11.3 Å². The Bertz CT molecular complexity index is 353. The Morgan fingerprint density at radius 1 is 1.12 bits per heavy atom. The molecule has 1 heterocycles. The first-order valence-electron chi connectivity index (χ1n) is 6.57. The summed E-state index contributed by atoms with van der Waals surface area (Å²) in [6.07, 6.45) is 2.76. The quantitative estimate of drug-likeness (QED) is 0.858. The molecular formula is C14H20N2O. The summed E-state index contributed by atoms with van der Waals surface area (Å²) in [6.45, 7) is 4.58. The van der Waals surface area contributed by atoms with E-state index in [2.05, 4.69) is 34.7 Å². The minimum absolute atomic E-state index is 0.841. The lowest BCUT2D eigenvalue weighted by Crippen LogP contribution is -2.45. The number of hydrazine groups is 1. The highest BCUT2D eigenvalue weighted by Crippen LogP contribution is 2.39. The Hall–Kier alpha value is -0.900. The molecule has 2 fully saturated rings. The van der Waals surface area contributed by atoms with Crippen LogP contribution in [0, 0.1) is 0 Å². The van der Waals surface area contributed by atoms with Crippen molar-refractivity contribution in [3.8, 4) is 0 Å². The summed E-state index contributed by atoms with van der Waals surface area (Å²) in [4.78, 5) is 0. The predicted octanol–water partition coefficient (Wildman–Crippen LogP) is 1.90. The van der Waals surface area contributed by atoms with Crippen molar-refractivity contribution in [2.45, 2.75) is 25.3 Å². The first-order chi connectivity index (χ1) is 8.42. The van der Waals surface area contributed by atoms with Crippen molar-refractivity contribution in [1.29, 1.82) is 0 Å². The summed E-state index contributed by atoms with van der Waals surface area (Å²) in [5.74, 6) is 0.858. The highest BCUT2D eigenvalue weighted by atomic mass is 16.5. The zero-order chi connectivity index (χ0) is 11.5. The molecule has 1 aromatic rings. The van der Waals surface area contributed by atoms with Crippen LogP contribution in [0.1, 0.15) is 29.9 Å². The molecule has 3 nitrogen and oxygen atoms in total. The van der Waals surface area contributed by atoms with E-state index in [4.69, 9.17) is 4.74 Å². The zero-order valence-corrected chi connectivity index (χ0v) is 10.2. The van der Waals surface area contributed by atoms with Crippen LogP contribution in [0.3, 0.4) is 0 Å². The molecule has 1 aliphatic heterocycles. The van der Waals surface area contributed by atoms with Gasteiger partial charge in [0.1, 0.15) is 0 Å². The summed E-state index contributed by atoms with van der Waals surface area (Å²) in [5, 5.41) is 2.25. The van der Waals surface area contributed by atoms with Gasteiger partial charge in [-0.1, -0.05) is 24.3 Å². The van der Waals surface area contributed by atoms with E-state index in [1.165, 1.54) is 24.0 Å². The third-order valence-corrected chi connectivity index (χ3v) is 3.55. The first kappa shape index (κ1) is 11.2. The Labute approximate surface area is 103 Å². The third kappa shape index (κ3) is 3.06. The number of nitrogens with zero attached hydrogens (tertiary/aromatic N) is 1. The number of nitrogens with one attached hydrogen (secondary N) is 1. The van der Waals surface area contributed by atoms with Gasteiger partial charge in [-0.3, -0.25) is 5.43 Å². The van der Waals surface area contributed by atoms with E-state index in [9.17, 15) is 0 Å². The summed E-state index contributed by atoms with van der Waals surface area (Å²) in [6, 6.07) is 9.07. The maximum Gasteiger partial charge on any atom is 0.0608 e. The van der Waals surface area contributed by atoms with Crippen LogP contribution in [0.4, 0.5) is 0 Å². The van der Waals surface area contributed by atoms with Crippen LogP contribution in [0.5, 0.6) is 0 Å². The highest BCUT2D eigenvalue weighted by molar-refractivity contribution is 5.27. The normalized spacial score (nSPS) is 21.6. The second kappa shape index (κ2) is 5.17. The van der Waals surface area contributed by atoms with Crippen molar-refractivity contribution in [1.82, 2.24) is 10.4 Å². The average molecular weight is 232 g/mol. The Morgan fingerprint density at radius 2 is 1.82 bits per heavy atom. The highest BCUT2D eigenvalue weighted by Gasteiger charge is 2.22. The molecule has 1 saturated carbocycles. The van der Waals surface area contributed by atoms with E-state index in [0.717, 1.165) is 38.8 Å². The largest absolute Gasteiger partial charge is 0.379 e. The van der Waals surface area contributed by atoms with Crippen molar-refractivity contribution in [3.63, 3.8) is 0 Å². The number of hydrogen-bond acceptors (Lipinski definition) is 3. The van der Waals surface area contributed by atoms with Crippen LogP contribution >= 0.6 is 0 Å². The van der Waals surface area contributed by atoms with Crippen molar-refractivity contribution in [2.24, 2.45) is 0 Å². The molecule has 0 atom stereocenters. The van der Waals surface area contributed by atoms with Gasteiger partial charge in [-0.05, 0) is 29.9 Å². The smallest absolute Gasteiger partial charge is 0.0608 e. The molecule has 3 rings (SSSR count). The van der Waals surface area contributed by atoms with Gasteiger partial charge >= 0.3 is 0 Å². The second-order valence-corrected chi connectivity index (χ2v) is 4.95. The number of morpholine rings is 1. The van der Waals surface area contributed by atoms with E-state index >= 15 is 0 Å². The summed E-state index contributed by atoms with van der Waals surface area (Å²) >= 11 is 0. The fraction of sp³-hybridized carbons (Fsp3) is 0.571. The Kier molecular flexibility index (Phi) is 3.41. The maximum absolute atomic E-state index is 5.32. The topological polar surface area (TPSA) is 24.5 Å². The molecule has 92 valence electrons. The molecule has 17 heavy (non-hydrogen) atoms. The molecule has 1 N–H and O–H groups in total. The lowest BCUT2D eigenvalue weighted by atomic mass is 10.1. The lowest BCUT2D eigenvalue weighted by molar-refractivity contribution is 0.0106. The molecule has 3 heteroatoms. The van der Waals surface area contributed by atoms with Crippen LogP contribution in [-0.4, -0.2) is 31.3 Å². The lowest BCUT2D eigenvalue weighted by Gasteiger charge is -2.27. The molecule has 0 aromatic heterocycles. The van der Waals surface area contributed by atoms with E-state index in [0.29, 0.717) is 0 Å². The fourth-order valence-electron chi connectivity index (χ4n) is 2.25. The average Bonchev–Trinajstić information content (AvgIpc) is 3.23. The summed E-state index contributed by atoms with van der Waals surface area (Å²) in [7, 11) is 0. The number of hydrogen-bond donors (Lipinski definition) is 1. The molecule has 0 bridgehead atoms. The zero-order valence-electron chi connectivity index (χ0n) is 10.2. The molecule has 1 aliphatic carbocycles. The van der Waals surface area contributed by atoms with E-state index in [1.807, 2.05) is 0 Å². The third-order valence-electron chi connectivity index (χ3n) is 3.55. The molecule has 1 aromatic carbocycles. The molecule has 2 aliphatic rings. The van der Waals surface area contributed by atoms with Crippen LogP contribution in [0.2, 0.25) is 0 Å². The van der Waals surface area contributed by atoms with Gasteiger partial charge in [0.15, 0.2) is 0 Å². The fourth-order valence-corrected chi connectivity index (χ4v) is 2.25. The van der Waals surface area contributed by atoms with Gasteiger partial charge in [0, 0.05) is 19.6 Å². The van der Waals surface area contributed by atoms with Crippen LogP contribution < -0.4 is 5.43 Å². The molecule has 0 unspecified atom stereocenters. The van der Waals surface area contributed by atoms with Gasteiger partial charge < -0.3 is 4.74 Å².